The number of benzene rings is 2. The van der Waals surface area contributed by atoms with Gasteiger partial charge in [0.15, 0.2) is 11.6 Å². The summed E-state index contributed by atoms with van der Waals surface area (Å²) in [5.41, 5.74) is 2.61. The number of ether oxygens (including phenoxy) is 1. The third-order valence-electron chi connectivity index (χ3n) is 6.25. The van der Waals surface area contributed by atoms with Crippen LogP contribution in [0.2, 0.25) is 0 Å². The van der Waals surface area contributed by atoms with E-state index < -0.39 is 11.6 Å². The van der Waals surface area contributed by atoms with Gasteiger partial charge in [0.25, 0.3) is 5.91 Å². The molecule has 1 saturated heterocycles. The van der Waals surface area contributed by atoms with Crippen molar-refractivity contribution in [2.24, 2.45) is 0 Å². The van der Waals surface area contributed by atoms with E-state index in [2.05, 4.69) is 9.97 Å². The Kier molecular flexibility index (Phi) is 5.30. The summed E-state index contributed by atoms with van der Waals surface area (Å²) in [5, 5.41) is 9.15. The molecule has 0 saturated carbocycles. The maximum Gasteiger partial charge on any atom is 0.253 e. The zero-order valence-electron chi connectivity index (χ0n) is 18.0. The van der Waals surface area contributed by atoms with Crippen LogP contribution in [0, 0.1) is 11.6 Å². The van der Waals surface area contributed by atoms with Gasteiger partial charge in [0.2, 0.25) is 5.95 Å². The molecule has 0 atom stereocenters. The highest BCUT2D eigenvalue weighted by Crippen LogP contribution is 2.47. The molecule has 2 aromatic carbocycles. The number of anilines is 2. The number of aromatic nitrogens is 2. The molecule has 0 unspecified atom stereocenters. The van der Waals surface area contributed by atoms with E-state index in [9.17, 15) is 13.6 Å². The third-order valence-corrected chi connectivity index (χ3v) is 6.25. The quantitative estimate of drug-likeness (QED) is 0.642. The highest BCUT2D eigenvalue weighted by Gasteiger charge is 2.49. The summed E-state index contributed by atoms with van der Waals surface area (Å²) in [6.45, 7) is 1.81. The van der Waals surface area contributed by atoms with E-state index in [0.717, 1.165) is 17.3 Å². The van der Waals surface area contributed by atoms with E-state index in [0.29, 0.717) is 36.8 Å². The SMILES string of the molecule is CN(CCO)C(=O)c1ccc2c(c1)N(c1ncc(-c3cccc(F)c3F)cn1)CC21COC1. The number of carbonyl (C=O) groups excluding carboxylic acids is 1. The lowest BCUT2D eigenvalue weighted by Gasteiger charge is -2.38. The number of hydrogen-bond acceptors (Lipinski definition) is 6. The van der Waals surface area contributed by atoms with E-state index in [4.69, 9.17) is 9.84 Å². The minimum atomic E-state index is -0.943. The fourth-order valence-corrected chi connectivity index (χ4v) is 4.38. The van der Waals surface area contributed by atoms with Crippen LogP contribution in [0.5, 0.6) is 0 Å². The molecule has 3 heterocycles. The summed E-state index contributed by atoms with van der Waals surface area (Å²) in [4.78, 5) is 25.0. The van der Waals surface area contributed by atoms with Crippen molar-refractivity contribution >= 4 is 17.5 Å². The van der Waals surface area contributed by atoms with Crippen molar-refractivity contribution in [1.29, 1.82) is 0 Å². The summed E-state index contributed by atoms with van der Waals surface area (Å²) in [6, 6.07) is 9.51. The van der Waals surface area contributed by atoms with E-state index in [1.54, 1.807) is 13.1 Å². The maximum atomic E-state index is 14.2. The van der Waals surface area contributed by atoms with Crippen molar-refractivity contribution in [1.82, 2.24) is 14.9 Å². The first kappa shape index (κ1) is 21.4. The lowest BCUT2D eigenvalue weighted by atomic mass is 9.80. The molecule has 0 aliphatic carbocycles. The number of likely N-dealkylation sites (N-methyl/N-ethyl adjacent to an activating group) is 1. The molecule has 2 aliphatic heterocycles. The first-order chi connectivity index (χ1) is 15.9. The fourth-order valence-electron chi connectivity index (χ4n) is 4.38. The minimum absolute atomic E-state index is 0.0899. The van der Waals surface area contributed by atoms with Gasteiger partial charge in [-0.05, 0) is 23.8 Å². The normalized spacial score (nSPS) is 15.9. The topological polar surface area (TPSA) is 78.8 Å². The van der Waals surface area contributed by atoms with Gasteiger partial charge in [-0.15, -0.1) is 0 Å². The van der Waals surface area contributed by atoms with Crippen LogP contribution < -0.4 is 4.90 Å². The monoisotopic (exact) mass is 452 g/mol. The second-order valence-corrected chi connectivity index (χ2v) is 8.41. The summed E-state index contributed by atoms with van der Waals surface area (Å²) < 4.78 is 33.3. The average molecular weight is 452 g/mol. The molecule has 33 heavy (non-hydrogen) atoms. The number of aliphatic hydroxyl groups is 1. The Hall–Kier alpha value is -3.43. The largest absolute Gasteiger partial charge is 0.395 e. The van der Waals surface area contributed by atoms with Gasteiger partial charge in [-0.3, -0.25) is 4.79 Å². The number of rotatable bonds is 5. The molecule has 0 bridgehead atoms. The standard InChI is InChI=1S/C24H22F2N4O3/c1-29(7-8-31)22(32)15-5-6-18-20(9-15)30(12-24(18)13-33-14-24)23-27-10-16(11-28-23)17-3-2-4-19(25)21(17)26/h2-6,9-11,31H,7-8,12-14H2,1H3. The molecule has 170 valence electrons. The van der Waals surface area contributed by atoms with Crippen LogP contribution in [0.1, 0.15) is 15.9 Å². The zero-order valence-corrected chi connectivity index (χ0v) is 18.0. The number of halogens is 2. The second kappa shape index (κ2) is 8.17. The Morgan fingerprint density at radius 1 is 1.21 bits per heavy atom. The molecule has 1 amide bonds. The zero-order chi connectivity index (χ0) is 23.2. The molecule has 5 rings (SSSR count). The van der Waals surface area contributed by atoms with Crippen LogP contribution in [0.15, 0.2) is 48.8 Å². The predicted octanol–water partition coefficient (Wildman–Crippen LogP) is 2.91. The van der Waals surface area contributed by atoms with Gasteiger partial charge >= 0.3 is 0 Å². The third kappa shape index (κ3) is 3.53. The molecule has 1 aromatic heterocycles. The molecule has 0 radical (unpaired) electrons. The van der Waals surface area contributed by atoms with E-state index in [-0.39, 0.29) is 30.0 Å². The van der Waals surface area contributed by atoms with Crippen molar-refractivity contribution < 1.29 is 23.4 Å². The van der Waals surface area contributed by atoms with Crippen LogP contribution in [-0.2, 0) is 10.2 Å². The molecule has 3 aromatic rings. The van der Waals surface area contributed by atoms with Gasteiger partial charge in [-0.25, -0.2) is 18.7 Å². The fraction of sp³-hybridized carbons (Fsp3) is 0.292. The smallest absolute Gasteiger partial charge is 0.253 e. The van der Waals surface area contributed by atoms with Crippen LogP contribution in [0.3, 0.4) is 0 Å². The van der Waals surface area contributed by atoms with Crippen LogP contribution in [0.25, 0.3) is 11.1 Å². The number of carbonyl (C=O) groups is 1. The summed E-state index contributed by atoms with van der Waals surface area (Å²) in [6.07, 6.45) is 2.93. The average Bonchev–Trinajstić information content (AvgIpc) is 3.16. The molecule has 2 aliphatic rings. The first-order valence-corrected chi connectivity index (χ1v) is 10.6. The van der Waals surface area contributed by atoms with Gasteiger partial charge in [0, 0.05) is 54.9 Å². The highest BCUT2D eigenvalue weighted by molar-refractivity contribution is 5.96. The number of fused-ring (bicyclic) bond motifs is 2. The number of amides is 1. The molecular weight excluding hydrogens is 430 g/mol. The number of nitrogens with zero attached hydrogens (tertiary/aromatic N) is 4. The van der Waals surface area contributed by atoms with Crippen molar-refractivity contribution in [3.05, 3.63) is 71.6 Å². The van der Waals surface area contributed by atoms with E-state index in [1.807, 2.05) is 17.0 Å². The first-order valence-electron chi connectivity index (χ1n) is 10.6. The Balaban J connectivity index is 1.50. The Morgan fingerprint density at radius 2 is 1.97 bits per heavy atom. The van der Waals surface area contributed by atoms with Crippen molar-refractivity contribution in [2.45, 2.75) is 5.41 Å². The van der Waals surface area contributed by atoms with Crippen molar-refractivity contribution in [3.63, 3.8) is 0 Å². The molecule has 9 heteroatoms. The number of aliphatic hydroxyl groups excluding tert-OH is 1. The Bertz CT molecular complexity index is 1210. The van der Waals surface area contributed by atoms with Crippen molar-refractivity contribution in [3.8, 4) is 11.1 Å². The van der Waals surface area contributed by atoms with Gasteiger partial charge in [0.1, 0.15) is 0 Å². The Labute approximate surface area is 189 Å². The summed E-state index contributed by atoms with van der Waals surface area (Å²) in [7, 11) is 1.64. The molecular formula is C24H22F2N4O3. The van der Waals surface area contributed by atoms with Crippen LogP contribution in [-0.4, -0.2) is 65.8 Å². The molecule has 1 N–H and O–H groups in total. The van der Waals surface area contributed by atoms with Gasteiger partial charge in [-0.2, -0.15) is 0 Å². The van der Waals surface area contributed by atoms with Gasteiger partial charge < -0.3 is 19.6 Å². The minimum Gasteiger partial charge on any atom is -0.395 e. The maximum absolute atomic E-state index is 14.2. The highest BCUT2D eigenvalue weighted by atomic mass is 19.2. The number of hydrogen-bond donors (Lipinski definition) is 1. The summed E-state index contributed by atoms with van der Waals surface area (Å²) >= 11 is 0. The van der Waals surface area contributed by atoms with Crippen molar-refractivity contribution in [2.75, 3.05) is 44.9 Å². The second-order valence-electron chi connectivity index (χ2n) is 8.41. The lowest BCUT2D eigenvalue weighted by Crippen LogP contribution is -2.49. The summed E-state index contributed by atoms with van der Waals surface area (Å²) in [5.74, 6) is -1.68. The van der Waals surface area contributed by atoms with Gasteiger partial charge in [-0.1, -0.05) is 18.2 Å². The predicted molar refractivity (Wildman–Crippen MR) is 117 cm³/mol. The van der Waals surface area contributed by atoms with Crippen LogP contribution >= 0.6 is 0 Å². The van der Waals surface area contributed by atoms with Gasteiger partial charge in [0.05, 0.1) is 25.2 Å². The lowest BCUT2D eigenvalue weighted by molar-refractivity contribution is -0.0507. The van der Waals surface area contributed by atoms with E-state index in [1.165, 1.54) is 29.4 Å². The van der Waals surface area contributed by atoms with E-state index >= 15 is 0 Å². The molecule has 1 spiro atoms. The van der Waals surface area contributed by atoms with Crippen LogP contribution in [0.4, 0.5) is 20.4 Å². The Morgan fingerprint density at radius 3 is 2.64 bits per heavy atom. The molecule has 1 fully saturated rings. The molecule has 7 nitrogen and oxygen atoms in total.